The average Bonchev–Trinajstić information content (AvgIpc) is 3.27. The summed E-state index contributed by atoms with van der Waals surface area (Å²) in [5.41, 5.74) is 2.04. The molecule has 0 saturated heterocycles. The van der Waals surface area contributed by atoms with Crippen LogP contribution >= 0.6 is 0 Å². The van der Waals surface area contributed by atoms with Crippen molar-refractivity contribution in [2.24, 2.45) is 5.92 Å². The van der Waals surface area contributed by atoms with Crippen LogP contribution in [0.1, 0.15) is 19.3 Å². The predicted molar refractivity (Wildman–Crippen MR) is 86.8 cm³/mol. The second-order valence-corrected chi connectivity index (χ2v) is 5.99. The van der Waals surface area contributed by atoms with E-state index in [9.17, 15) is 0 Å². The number of hydrogen-bond acceptors (Lipinski definition) is 4. The van der Waals surface area contributed by atoms with Crippen LogP contribution in [0.2, 0.25) is 0 Å². The van der Waals surface area contributed by atoms with Crippen LogP contribution in [0, 0.1) is 5.92 Å². The smallest absolute Gasteiger partial charge is 0.254 e. The summed E-state index contributed by atoms with van der Waals surface area (Å²) < 4.78 is 1.82. The molecular weight excluding hydrogens is 274 g/mol. The quantitative estimate of drug-likeness (QED) is 0.725. The molecule has 4 rings (SSSR count). The Hall–Kier alpha value is -2.43. The minimum absolute atomic E-state index is 0.648. The maximum atomic E-state index is 4.62. The van der Waals surface area contributed by atoms with Crippen molar-refractivity contribution in [2.45, 2.75) is 19.3 Å². The Morgan fingerprint density at radius 1 is 1.23 bits per heavy atom. The fraction of sp³-hybridized carbons (Fsp3) is 0.353. The molecular formula is C17H19N5. The molecule has 0 N–H and O–H groups in total. The number of aromatic nitrogens is 4. The molecule has 1 aliphatic rings. The van der Waals surface area contributed by atoms with E-state index in [2.05, 4.69) is 45.2 Å². The van der Waals surface area contributed by atoms with Crippen molar-refractivity contribution in [1.82, 2.24) is 19.6 Å². The van der Waals surface area contributed by atoms with Gasteiger partial charge in [0.05, 0.1) is 5.69 Å². The van der Waals surface area contributed by atoms with Crippen LogP contribution in [0.3, 0.4) is 0 Å². The SMILES string of the molecule is CN(CCC1CC1)c1cc(-c2ccccc2)nc2ncnn12. The summed E-state index contributed by atoms with van der Waals surface area (Å²) in [6, 6.07) is 12.3. The van der Waals surface area contributed by atoms with Crippen molar-refractivity contribution in [1.29, 1.82) is 0 Å². The standard InChI is InChI=1S/C17H19N5/c1-21(10-9-13-7-8-13)16-11-15(14-5-3-2-4-6-14)20-17-18-12-19-22(16)17/h2-6,11-13H,7-10H2,1H3. The number of benzene rings is 1. The minimum Gasteiger partial charge on any atom is -0.359 e. The van der Waals surface area contributed by atoms with E-state index in [-0.39, 0.29) is 0 Å². The van der Waals surface area contributed by atoms with Gasteiger partial charge in [0.15, 0.2) is 0 Å². The van der Waals surface area contributed by atoms with E-state index in [0.717, 1.165) is 29.5 Å². The number of rotatable bonds is 5. The minimum atomic E-state index is 0.648. The maximum Gasteiger partial charge on any atom is 0.254 e. The summed E-state index contributed by atoms with van der Waals surface area (Å²) in [6.07, 6.45) is 5.58. The number of hydrogen-bond donors (Lipinski definition) is 0. The van der Waals surface area contributed by atoms with E-state index in [4.69, 9.17) is 0 Å². The Bertz CT molecular complexity index is 776. The van der Waals surface area contributed by atoms with Gasteiger partial charge in [0.25, 0.3) is 5.78 Å². The molecule has 1 aromatic carbocycles. The molecule has 5 heteroatoms. The molecule has 22 heavy (non-hydrogen) atoms. The lowest BCUT2D eigenvalue weighted by molar-refractivity contribution is 0.698. The highest BCUT2D eigenvalue weighted by Gasteiger charge is 2.22. The Morgan fingerprint density at radius 3 is 2.82 bits per heavy atom. The van der Waals surface area contributed by atoms with Crippen LogP contribution in [-0.2, 0) is 0 Å². The first-order chi connectivity index (χ1) is 10.8. The van der Waals surface area contributed by atoms with E-state index < -0.39 is 0 Å². The zero-order chi connectivity index (χ0) is 14.9. The van der Waals surface area contributed by atoms with Gasteiger partial charge in [0.1, 0.15) is 12.1 Å². The topological polar surface area (TPSA) is 46.3 Å². The Kier molecular flexibility index (Phi) is 3.25. The molecule has 112 valence electrons. The Labute approximate surface area is 129 Å². The molecule has 0 unspecified atom stereocenters. The molecule has 1 aliphatic carbocycles. The van der Waals surface area contributed by atoms with Crippen LogP contribution in [0.25, 0.3) is 17.0 Å². The van der Waals surface area contributed by atoms with Gasteiger partial charge in [-0.25, -0.2) is 4.98 Å². The lowest BCUT2D eigenvalue weighted by atomic mass is 10.1. The number of fused-ring (bicyclic) bond motifs is 1. The summed E-state index contributed by atoms with van der Waals surface area (Å²) in [7, 11) is 2.12. The molecule has 0 radical (unpaired) electrons. The molecule has 0 spiro atoms. The van der Waals surface area contributed by atoms with Crippen molar-refractivity contribution in [3.63, 3.8) is 0 Å². The fourth-order valence-electron chi connectivity index (χ4n) is 2.72. The van der Waals surface area contributed by atoms with Gasteiger partial charge in [0.2, 0.25) is 0 Å². The maximum absolute atomic E-state index is 4.62. The normalized spacial score (nSPS) is 14.4. The molecule has 0 amide bonds. The van der Waals surface area contributed by atoms with Crippen LogP contribution in [-0.4, -0.2) is 33.2 Å². The summed E-state index contributed by atoms with van der Waals surface area (Å²) in [6.45, 7) is 1.04. The van der Waals surface area contributed by atoms with E-state index >= 15 is 0 Å². The first kappa shape index (κ1) is 13.2. The lowest BCUT2D eigenvalue weighted by Gasteiger charge is -2.20. The average molecular weight is 293 g/mol. The summed E-state index contributed by atoms with van der Waals surface area (Å²) in [4.78, 5) is 11.1. The molecule has 0 bridgehead atoms. The van der Waals surface area contributed by atoms with Gasteiger partial charge < -0.3 is 4.90 Å². The van der Waals surface area contributed by atoms with Gasteiger partial charge >= 0.3 is 0 Å². The van der Waals surface area contributed by atoms with Crippen molar-refractivity contribution in [3.05, 3.63) is 42.7 Å². The molecule has 0 atom stereocenters. The van der Waals surface area contributed by atoms with Crippen LogP contribution in [0.5, 0.6) is 0 Å². The highest BCUT2D eigenvalue weighted by molar-refractivity contribution is 5.65. The van der Waals surface area contributed by atoms with E-state index in [1.807, 2.05) is 22.7 Å². The third-order valence-corrected chi connectivity index (χ3v) is 4.26. The van der Waals surface area contributed by atoms with Crippen molar-refractivity contribution in [3.8, 4) is 11.3 Å². The lowest BCUT2D eigenvalue weighted by Crippen LogP contribution is -2.22. The van der Waals surface area contributed by atoms with Crippen molar-refractivity contribution >= 4 is 11.6 Å². The molecule has 1 saturated carbocycles. The second-order valence-electron chi connectivity index (χ2n) is 5.99. The summed E-state index contributed by atoms with van der Waals surface area (Å²) in [5.74, 6) is 2.61. The Balaban J connectivity index is 1.73. The largest absolute Gasteiger partial charge is 0.359 e. The van der Waals surface area contributed by atoms with Gasteiger partial charge in [-0.05, 0) is 12.3 Å². The predicted octanol–water partition coefficient (Wildman–Crippen LogP) is 3.03. The van der Waals surface area contributed by atoms with Crippen molar-refractivity contribution < 1.29 is 0 Å². The van der Waals surface area contributed by atoms with E-state index in [0.29, 0.717) is 5.78 Å². The van der Waals surface area contributed by atoms with Crippen LogP contribution in [0.4, 0.5) is 5.82 Å². The molecule has 2 aromatic heterocycles. The zero-order valence-electron chi connectivity index (χ0n) is 12.7. The molecule has 0 aliphatic heterocycles. The fourth-order valence-corrected chi connectivity index (χ4v) is 2.72. The summed E-state index contributed by atoms with van der Waals surface area (Å²) >= 11 is 0. The summed E-state index contributed by atoms with van der Waals surface area (Å²) in [5, 5.41) is 4.32. The van der Waals surface area contributed by atoms with Gasteiger partial charge in [-0.15, -0.1) is 0 Å². The van der Waals surface area contributed by atoms with E-state index in [1.54, 1.807) is 6.33 Å². The second kappa shape index (κ2) is 5.40. The third-order valence-electron chi connectivity index (χ3n) is 4.26. The van der Waals surface area contributed by atoms with Crippen LogP contribution < -0.4 is 4.90 Å². The molecule has 1 fully saturated rings. The first-order valence-electron chi connectivity index (χ1n) is 7.78. The highest BCUT2D eigenvalue weighted by atomic mass is 15.4. The van der Waals surface area contributed by atoms with Gasteiger partial charge in [-0.1, -0.05) is 43.2 Å². The molecule has 3 aromatic rings. The van der Waals surface area contributed by atoms with Gasteiger partial charge in [0, 0.05) is 25.2 Å². The Morgan fingerprint density at radius 2 is 2.05 bits per heavy atom. The first-order valence-corrected chi connectivity index (χ1v) is 7.78. The van der Waals surface area contributed by atoms with E-state index in [1.165, 1.54) is 19.3 Å². The number of anilines is 1. The monoisotopic (exact) mass is 293 g/mol. The van der Waals surface area contributed by atoms with Gasteiger partial charge in [-0.2, -0.15) is 14.6 Å². The third kappa shape index (κ3) is 2.54. The molecule has 5 nitrogen and oxygen atoms in total. The van der Waals surface area contributed by atoms with Crippen molar-refractivity contribution in [2.75, 3.05) is 18.5 Å². The highest BCUT2D eigenvalue weighted by Crippen LogP contribution is 2.33. The zero-order valence-corrected chi connectivity index (χ0v) is 12.7. The number of nitrogens with zero attached hydrogens (tertiary/aromatic N) is 5. The molecule has 2 heterocycles. The van der Waals surface area contributed by atoms with Gasteiger partial charge in [-0.3, -0.25) is 0 Å². The van der Waals surface area contributed by atoms with Crippen LogP contribution in [0.15, 0.2) is 42.7 Å².